The number of hydrogen-bond acceptors (Lipinski definition) is 1. The van der Waals surface area contributed by atoms with Crippen LogP contribution in [0.2, 0.25) is 0 Å². The standard InChI is InChI=1S/C18H31N/c1-13(2)17(19)9-7-8-15-12-16(18(4,5)6)11-10-14(15)3/h10-13,17H,7-9,19H2,1-6H3. The minimum Gasteiger partial charge on any atom is -0.327 e. The monoisotopic (exact) mass is 261 g/mol. The molecule has 1 rings (SSSR count). The van der Waals surface area contributed by atoms with Gasteiger partial charge in [-0.3, -0.25) is 0 Å². The van der Waals surface area contributed by atoms with Crippen molar-refractivity contribution in [1.29, 1.82) is 0 Å². The summed E-state index contributed by atoms with van der Waals surface area (Å²) in [6.45, 7) is 13.4. The molecule has 0 aromatic heterocycles. The van der Waals surface area contributed by atoms with Crippen LogP contribution >= 0.6 is 0 Å². The van der Waals surface area contributed by atoms with Gasteiger partial charge < -0.3 is 5.73 Å². The molecule has 108 valence electrons. The second-order valence-electron chi connectivity index (χ2n) is 7.19. The molecule has 0 bridgehead atoms. The van der Waals surface area contributed by atoms with E-state index in [1.165, 1.54) is 23.1 Å². The maximum atomic E-state index is 6.12. The van der Waals surface area contributed by atoms with E-state index in [2.05, 4.69) is 59.7 Å². The molecule has 19 heavy (non-hydrogen) atoms. The van der Waals surface area contributed by atoms with Crippen LogP contribution < -0.4 is 5.73 Å². The molecule has 0 heterocycles. The third-order valence-corrected chi connectivity index (χ3v) is 4.06. The van der Waals surface area contributed by atoms with Crippen molar-refractivity contribution < 1.29 is 0 Å². The van der Waals surface area contributed by atoms with Gasteiger partial charge in [-0.25, -0.2) is 0 Å². The molecule has 0 saturated carbocycles. The molecule has 1 unspecified atom stereocenters. The molecular weight excluding hydrogens is 230 g/mol. The number of nitrogens with two attached hydrogens (primary N) is 1. The van der Waals surface area contributed by atoms with Gasteiger partial charge in [0.05, 0.1) is 0 Å². The average molecular weight is 261 g/mol. The first-order valence-corrected chi connectivity index (χ1v) is 7.57. The number of aryl methyl sites for hydroxylation is 2. The normalized spacial score (nSPS) is 13.9. The van der Waals surface area contributed by atoms with Gasteiger partial charge in [0.2, 0.25) is 0 Å². The third-order valence-electron chi connectivity index (χ3n) is 4.06. The summed E-state index contributed by atoms with van der Waals surface area (Å²) in [7, 11) is 0. The molecule has 0 aliphatic rings. The summed E-state index contributed by atoms with van der Waals surface area (Å²) in [5, 5.41) is 0. The zero-order chi connectivity index (χ0) is 14.6. The molecular formula is C18H31N. The van der Waals surface area contributed by atoms with Gasteiger partial charge in [0, 0.05) is 6.04 Å². The molecule has 0 saturated heterocycles. The molecule has 0 amide bonds. The van der Waals surface area contributed by atoms with Gasteiger partial charge in [-0.2, -0.15) is 0 Å². The first kappa shape index (κ1) is 16.2. The van der Waals surface area contributed by atoms with E-state index in [-0.39, 0.29) is 5.41 Å². The van der Waals surface area contributed by atoms with Crippen molar-refractivity contribution in [2.24, 2.45) is 11.7 Å². The highest BCUT2D eigenvalue weighted by molar-refractivity contribution is 5.34. The van der Waals surface area contributed by atoms with E-state index in [1.54, 1.807) is 0 Å². The lowest BCUT2D eigenvalue weighted by Crippen LogP contribution is -2.26. The minimum absolute atomic E-state index is 0.233. The highest BCUT2D eigenvalue weighted by Gasteiger charge is 2.15. The van der Waals surface area contributed by atoms with E-state index in [0.29, 0.717) is 12.0 Å². The fraction of sp³-hybridized carbons (Fsp3) is 0.667. The second-order valence-corrected chi connectivity index (χ2v) is 7.19. The van der Waals surface area contributed by atoms with Gasteiger partial charge in [-0.15, -0.1) is 0 Å². The zero-order valence-electron chi connectivity index (χ0n) is 13.6. The van der Waals surface area contributed by atoms with Crippen molar-refractivity contribution in [2.45, 2.75) is 72.3 Å². The lowest BCUT2D eigenvalue weighted by molar-refractivity contribution is 0.452. The number of benzene rings is 1. The average Bonchev–Trinajstić information content (AvgIpc) is 2.29. The summed E-state index contributed by atoms with van der Waals surface area (Å²) in [4.78, 5) is 0. The Morgan fingerprint density at radius 1 is 1.16 bits per heavy atom. The SMILES string of the molecule is Cc1ccc(C(C)(C)C)cc1CCCC(N)C(C)C. The molecule has 2 N–H and O–H groups in total. The van der Waals surface area contributed by atoms with Crippen molar-refractivity contribution in [2.75, 3.05) is 0 Å². The first-order chi connectivity index (χ1) is 8.71. The fourth-order valence-electron chi connectivity index (χ4n) is 2.27. The highest BCUT2D eigenvalue weighted by Crippen LogP contribution is 2.25. The summed E-state index contributed by atoms with van der Waals surface area (Å²) in [5.41, 5.74) is 10.7. The van der Waals surface area contributed by atoms with E-state index in [4.69, 9.17) is 5.73 Å². The highest BCUT2D eigenvalue weighted by atomic mass is 14.6. The maximum Gasteiger partial charge on any atom is 0.00620 e. The van der Waals surface area contributed by atoms with Crippen LogP contribution in [0.4, 0.5) is 0 Å². The lowest BCUT2D eigenvalue weighted by atomic mass is 9.84. The number of hydrogen-bond donors (Lipinski definition) is 1. The van der Waals surface area contributed by atoms with Gasteiger partial charge in [0.1, 0.15) is 0 Å². The molecule has 1 aromatic carbocycles. The fourth-order valence-corrected chi connectivity index (χ4v) is 2.27. The van der Waals surface area contributed by atoms with Gasteiger partial charge in [0.15, 0.2) is 0 Å². The summed E-state index contributed by atoms with van der Waals surface area (Å²) in [6, 6.07) is 7.25. The Morgan fingerprint density at radius 2 is 1.79 bits per heavy atom. The Labute approximate surface area is 119 Å². The van der Waals surface area contributed by atoms with Crippen LogP contribution in [0.5, 0.6) is 0 Å². The largest absolute Gasteiger partial charge is 0.327 e. The number of rotatable bonds is 5. The predicted octanol–water partition coefficient (Wildman–Crippen LogP) is 4.60. The summed E-state index contributed by atoms with van der Waals surface area (Å²) >= 11 is 0. The van der Waals surface area contributed by atoms with Crippen LogP contribution in [0, 0.1) is 12.8 Å². The van der Waals surface area contributed by atoms with Crippen LogP contribution in [0.3, 0.4) is 0 Å². The van der Waals surface area contributed by atoms with E-state index < -0.39 is 0 Å². The summed E-state index contributed by atoms with van der Waals surface area (Å²) in [6.07, 6.45) is 3.46. The third kappa shape index (κ3) is 4.99. The first-order valence-electron chi connectivity index (χ1n) is 7.57. The Balaban J connectivity index is 2.68. The van der Waals surface area contributed by atoms with Crippen molar-refractivity contribution in [3.8, 4) is 0 Å². The van der Waals surface area contributed by atoms with Gasteiger partial charge in [0.25, 0.3) is 0 Å². The van der Waals surface area contributed by atoms with Gasteiger partial charge in [-0.1, -0.05) is 52.8 Å². The molecule has 1 aromatic rings. The van der Waals surface area contributed by atoms with E-state index in [1.807, 2.05) is 0 Å². The zero-order valence-corrected chi connectivity index (χ0v) is 13.6. The Kier molecular flexibility index (Phi) is 5.61. The second kappa shape index (κ2) is 6.56. The quantitative estimate of drug-likeness (QED) is 0.823. The van der Waals surface area contributed by atoms with Crippen molar-refractivity contribution in [1.82, 2.24) is 0 Å². The lowest BCUT2D eigenvalue weighted by Gasteiger charge is -2.21. The van der Waals surface area contributed by atoms with Crippen molar-refractivity contribution in [3.63, 3.8) is 0 Å². The maximum absolute atomic E-state index is 6.12. The van der Waals surface area contributed by atoms with Crippen LogP contribution in [0.1, 0.15) is 64.2 Å². The topological polar surface area (TPSA) is 26.0 Å². The van der Waals surface area contributed by atoms with E-state index in [0.717, 1.165) is 12.8 Å². The smallest absolute Gasteiger partial charge is 0.00620 e. The summed E-state index contributed by atoms with van der Waals surface area (Å²) < 4.78 is 0. The Hall–Kier alpha value is -0.820. The minimum atomic E-state index is 0.233. The predicted molar refractivity (Wildman–Crippen MR) is 85.6 cm³/mol. The molecule has 0 radical (unpaired) electrons. The van der Waals surface area contributed by atoms with Crippen molar-refractivity contribution >= 4 is 0 Å². The van der Waals surface area contributed by atoms with Crippen LogP contribution in [-0.2, 0) is 11.8 Å². The van der Waals surface area contributed by atoms with E-state index in [9.17, 15) is 0 Å². The Morgan fingerprint density at radius 3 is 2.32 bits per heavy atom. The van der Waals surface area contributed by atoms with Crippen LogP contribution in [0.15, 0.2) is 18.2 Å². The molecule has 0 aliphatic carbocycles. The van der Waals surface area contributed by atoms with Crippen LogP contribution in [0.25, 0.3) is 0 Å². The molecule has 1 nitrogen and oxygen atoms in total. The van der Waals surface area contributed by atoms with E-state index >= 15 is 0 Å². The van der Waals surface area contributed by atoms with Crippen LogP contribution in [-0.4, -0.2) is 6.04 Å². The Bertz CT molecular complexity index is 399. The van der Waals surface area contributed by atoms with Crippen molar-refractivity contribution in [3.05, 3.63) is 34.9 Å². The summed E-state index contributed by atoms with van der Waals surface area (Å²) in [5.74, 6) is 0.585. The molecule has 0 spiro atoms. The molecule has 1 heteroatoms. The molecule has 0 aliphatic heterocycles. The molecule has 1 atom stereocenters. The molecule has 0 fully saturated rings. The van der Waals surface area contributed by atoms with Gasteiger partial charge in [-0.05, 0) is 54.2 Å². The van der Waals surface area contributed by atoms with Gasteiger partial charge >= 0.3 is 0 Å².